The van der Waals surface area contributed by atoms with Crippen LogP contribution in [0.15, 0.2) is 48.5 Å². The lowest BCUT2D eigenvalue weighted by Crippen LogP contribution is -2.45. The average Bonchev–Trinajstić information content (AvgIpc) is 2.74. The maximum atomic E-state index is 13.7. The van der Waals surface area contributed by atoms with E-state index in [1.165, 1.54) is 0 Å². The second kappa shape index (κ2) is 10.1. The van der Waals surface area contributed by atoms with Crippen LogP contribution in [0.25, 0.3) is 0 Å². The third kappa shape index (κ3) is 5.82. The van der Waals surface area contributed by atoms with Crippen molar-refractivity contribution in [3.8, 4) is 0 Å². The maximum absolute atomic E-state index is 13.7. The molecule has 0 bridgehead atoms. The van der Waals surface area contributed by atoms with Crippen molar-refractivity contribution in [2.45, 2.75) is 6.04 Å². The number of benzene rings is 2. The fourth-order valence-corrected chi connectivity index (χ4v) is 3.22. The number of carbonyl (C=O) groups excluding carboxylic acids is 2. The first-order chi connectivity index (χ1) is 14.0. The molecule has 1 fully saturated rings. The molecule has 0 aliphatic carbocycles. The van der Waals surface area contributed by atoms with Gasteiger partial charge in [-0.2, -0.15) is 0 Å². The highest BCUT2D eigenvalue weighted by atomic mass is 19.1. The van der Waals surface area contributed by atoms with Crippen LogP contribution in [0.5, 0.6) is 0 Å². The largest absolute Gasteiger partial charge is 0.379 e. The number of nitrogens with zero attached hydrogens (tertiary/aromatic N) is 1. The van der Waals surface area contributed by atoms with Crippen LogP contribution in [0.2, 0.25) is 0 Å². The molecule has 8 heteroatoms. The second-order valence-corrected chi connectivity index (χ2v) is 6.69. The Bertz CT molecular complexity index is 842. The van der Waals surface area contributed by atoms with E-state index in [0.29, 0.717) is 25.8 Å². The smallest absolute Gasteiger partial charge is 0.254 e. The quantitative estimate of drug-likeness (QED) is 0.741. The monoisotopic (exact) mass is 403 g/mol. The van der Waals surface area contributed by atoms with Crippen molar-refractivity contribution < 1.29 is 23.1 Å². The van der Waals surface area contributed by atoms with E-state index in [9.17, 15) is 18.4 Å². The van der Waals surface area contributed by atoms with Crippen LogP contribution in [0.1, 0.15) is 22.0 Å². The molecule has 1 unspecified atom stereocenters. The summed E-state index contributed by atoms with van der Waals surface area (Å²) in [6.07, 6.45) is 0. The summed E-state index contributed by atoms with van der Waals surface area (Å²) in [5, 5.41) is 5.17. The summed E-state index contributed by atoms with van der Waals surface area (Å²) in [7, 11) is 0. The Balaban J connectivity index is 1.55. The maximum Gasteiger partial charge on any atom is 0.254 e. The van der Waals surface area contributed by atoms with Crippen LogP contribution in [0.3, 0.4) is 0 Å². The third-order valence-corrected chi connectivity index (χ3v) is 4.75. The molecule has 0 spiro atoms. The predicted molar refractivity (Wildman–Crippen MR) is 103 cm³/mol. The van der Waals surface area contributed by atoms with Gasteiger partial charge in [0.05, 0.1) is 31.4 Å². The standard InChI is InChI=1S/C21H23F2N3O3/c22-16-6-7-17(18(23)12-16)21(28)25-14-20(27)24-13-19(15-4-2-1-3-5-15)26-8-10-29-11-9-26/h1-7,12,19H,8-11,13-14H2,(H,24,27)(H,25,28). The summed E-state index contributed by atoms with van der Waals surface area (Å²) in [6.45, 7) is 2.85. The van der Waals surface area contributed by atoms with Gasteiger partial charge in [0.25, 0.3) is 5.91 Å². The van der Waals surface area contributed by atoms with Gasteiger partial charge in [-0.05, 0) is 17.7 Å². The molecule has 2 aromatic rings. The number of ether oxygens (including phenoxy) is 1. The Morgan fingerprint density at radius 3 is 2.45 bits per heavy atom. The van der Waals surface area contributed by atoms with Crippen LogP contribution in [0, 0.1) is 11.6 Å². The van der Waals surface area contributed by atoms with Gasteiger partial charge in [-0.25, -0.2) is 8.78 Å². The minimum atomic E-state index is -0.973. The van der Waals surface area contributed by atoms with Crippen LogP contribution in [0.4, 0.5) is 8.78 Å². The van der Waals surface area contributed by atoms with Gasteiger partial charge >= 0.3 is 0 Å². The Kier molecular flexibility index (Phi) is 7.26. The van der Waals surface area contributed by atoms with E-state index in [2.05, 4.69) is 15.5 Å². The van der Waals surface area contributed by atoms with Gasteiger partial charge in [0.1, 0.15) is 11.6 Å². The predicted octanol–water partition coefficient (Wildman–Crippen LogP) is 1.88. The van der Waals surface area contributed by atoms with Crippen molar-refractivity contribution in [2.24, 2.45) is 0 Å². The first kappa shape index (κ1) is 20.9. The molecule has 0 saturated carbocycles. The van der Waals surface area contributed by atoms with Crippen LogP contribution < -0.4 is 10.6 Å². The van der Waals surface area contributed by atoms with Gasteiger partial charge in [0.2, 0.25) is 5.91 Å². The number of halogens is 2. The normalized spacial score (nSPS) is 15.5. The molecule has 1 aliphatic rings. The minimum absolute atomic E-state index is 0.0192. The molecule has 2 aromatic carbocycles. The zero-order valence-corrected chi connectivity index (χ0v) is 15.9. The molecule has 3 rings (SSSR count). The van der Waals surface area contributed by atoms with Crippen LogP contribution in [-0.4, -0.2) is 56.1 Å². The van der Waals surface area contributed by atoms with E-state index < -0.39 is 23.4 Å². The molecular weight excluding hydrogens is 380 g/mol. The van der Waals surface area contributed by atoms with Crippen LogP contribution in [-0.2, 0) is 9.53 Å². The average molecular weight is 403 g/mol. The van der Waals surface area contributed by atoms with Gasteiger partial charge in [-0.1, -0.05) is 30.3 Å². The highest BCUT2D eigenvalue weighted by molar-refractivity contribution is 5.96. The molecule has 29 heavy (non-hydrogen) atoms. The lowest BCUT2D eigenvalue weighted by atomic mass is 10.0. The summed E-state index contributed by atoms with van der Waals surface area (Å²) in [6, 6.07) is 12.5. The molecule has 0 radical (unpaired) electrons. The number of morpholine rings is 1. The Morgan fingerprint density at radius 2 is 1.76 bits per heavy atom. The molecular formula is C21H23F2N3O3. The van der Waals surface area contributed by atoms with Gasteiger partial charge < -0.3 is 15.4 Å². The minimum Gasteiger partial charge on any atom is -0.379 e. The van der Waals surface area contributed by atoms with Crippen LogP contribution >= 0.6 is 0 Å². The SMILES string of the molecule is O=C(CNC(=O)c1ccc(F)cc1F)NCC(c1ccccc1)N1CCOCC1. The molecule has 1 saturated heterocycles. The van der Waals surface area contributed by atoms with Crippen molar-refractivity contribution in [2.75, 3.05) is 39.4 Å². The Labute approximate surface area is 167 Å². The molecule has 0 aromatic heterocycles. The van der Waals surface area contributed by atoms with E-state index in [1.807, 2.05) is 30.3 Å². The first-order valence-corrected chi connectivity index (χ1v) is 9.41. The summed E-state index contributed by atoms with van der Waals surface area (Å²) in [5.74, 6) is -2.91. The molecule has 2 amide bonds. The van der Waals surface area contributed by atoms with Crippen molar-refractivity contribution in [1.82, 2.24) is 15.5 Å². The summed E-state index contributed by atoms with van der Waals surface area (Å²) < 4.78 is 32.0. The van der Waals surface area contributed by atoms with Gasteiger partial charge in [0.15, 0.2) is 0 Å². The zero-order chi connectivity index (χ0) is 20.6. The van der Waals surface area contributed by atoms with Crippen molar-refractivity contribution >= 4 is 11.8 Å². The number of amides is 2. The second-order valence-electron chi connectivity index (χ2n) is 6.69. The molecule has 1 aliphatic heterocycles. The van der Waals surface area contributed by atoms with Gasteiger partial charge in [-0.3, -0.25) is 14.5 Å². The highest BCUT2D eigenvalue weighted by Gasteiger charge is 2.23. The summed E-state index contributed by atoms with van der Waals surface area (Å²) >= 11 is 0. The number of hydrogen-bond acceptors (Lipinski definition) is 4. The molecule has 154 valence electrons. The topological polar surface area (TPSA) is 70.7 Å². The first-order valence-electron chi connectivity index (χ1n) is 9.41. The Morgan fingerprint density at radius 1 is 1.03 bits per heavy atom. The van der Waals surface area contributed by atoms with E-state index in [1.54, 1.807) is 0 Å². The number of hydrogen-bond donors (Lipinski definition) is 2. The molecule has 1 heterocycles. The zero-order valence-electron chi connectivity index (χ0n) is 15.9. The summed E-state index contributed by atoms with van der Waals surface area (Å²) in [4.78, 5) is 26.5. The van der Waals surface area contributed by atoms with E-state index >= 15 is 0 Å². The van der Waals surface area contributed by atoms with Crippen molar-refractivity contribution in [3.05, 3.63) is 71.3 Å². The lowest BCUT2D eigenvalue weighted by molar-refractivity contribution is -0.120. The molecule has 2 N–H and O–H groups in total. The third-order valence-electron chi connectivity index (χ3n) is 4.75. The van der Waals surface area contributed by atoms with Crippen molar-refractivity contribution in [1.29, 1.82) is 0 Å². The lowest BCUT2D eigenvalue weighted by Gasteiger charge is -2.35. The number of carbonyl (C=O) groups is 2. The molecule has 6 nitrogen and oxygen atoms in total. The Hall–Kier alpha value is -2.84. The molecule has 1 atom stereocenters. The van der Waals surface area contributed by atoms with E-state index in [-0.39, 0.29) is 18.2 Å². The number of nitrogens with one attached hydrogen (secondary N) is 2. The van der Waals surface area contributed by atoms with E-state index in [0.717, 1.165) is 30.8 Å². The number of rotatable bonds is 7. The summed E-state index contributed by atoms with van der Waals surface area (Å²) in [5.41, 5.74) is 0.766. The fraction of sp³-hybridized carbons (Fsp3) is 0.333. The highest BCUT2D eigenvalue weighted by Crippen LogP contribution is 2.21. The van der Waals surface area contributed by atoms with Gasteiger partial charge in [-0.15, -0.1) is 0 Å². The fourth-order valence-electron chi connectivity index (χ4n) is 3.22. The van der Waals surface area contributed by atoms with E-state index in [4.69, 9.17) is 4.74 Å². The van der Waals surface area contributed by atoms with Crippen molar-refractivity contribution in [3.63, 3.8) is 0 Å². The van der Waals surface area contributed by atoms with Gasteiger partial charge in [0, 0.05) is 25.7 Å².